The van der Waals surface area contributed by atoms with Crippen LogP contribution in [0.4, 0.5) is 0 Å². The molecule has 5 rings (SSSR count). The molecule has 2 spiro atoms. The minimum absolute atomic E-state index is 0.172. The van der Waals surface area contributed by atoms with Crippen LogP contribution in [0.1, 0.15) is 39.5 Å². The molecular formula is C19H24O7. The molecule has 2 heterocycles. The van der Waals surface area contributed by atoms with E-state index in [2.05, 4.69) is 13.8 Å². The number of esters is 1. The van der Waals surface area contributed by atoms with Gasteiger partial charge in [0.25, 0.3) is 0 Å². The van der Waals surface area contributed by atoms with Crippen LogP contribution in [0.15, 0.2) is 0 Å². The van der Waals surface area contributed by atoms with Gasteiger partial charge < -0.3 is 19.7 Å². The molecule has 0 aromatic heterocycles. The van der Waals surface area contributed by atoms with Crippen LogP contribution in [-0.2, 0) is 23.9 Å². The zero-order chi connectivity index (χ0) is 18.6. The predicted octanol–water partition coefficient (Wildman–Crippen LogP) is 0.208. The van der Waals surface area contributed by atoms with E-state index in [0.29, 0.717) is 19.3 Å². The van der Waals surface area contributed by atoms with Crippen LogP contribution < -0.4 is 0 Å². The highest BCUT2D eigenvalue weighted by molar-refractivity contribution is 6.46. The summed E-state index contributed by atoms with van der Waals surface area (Å²) in [7, 11) is 0. The van der Waals surface area contributed by atoms with Crippen molar-refractivity contribution in [1.82, 2.24) is 0 Å². The standard InChI is InChI=1S/C19H24O7/c1-17(2)6-5-10-18(7-25-15(23)12(17)18)9-4-3-8-11(20)14(22)19(9,13(8)21)16(24)26-10/h8-10,12-13,15,21,23H,3-7H2,1-2H3/t8-,9-,10-,12+,13+,15+,18+,19+/m0/s1. The second kappa shape index (κ2) is 4.75. The third kappa shape index (κ3) is 1.52. The zero-order valence-corrected chi connectivity index (χ0v) is 14.9. The van der Waals surface area contributed by atoms with E-state index in [1.807, 2.05) is 0 Å². The highest BCUT2D eigenvalue weighted by Gasteiger charge is 2.81. The second-order valence-electron chi connectivity index (χ2n) is 9.46. The number of hydrogen-bond donors (Lipinski definition) is 2. The molecule has 26 heavy (non-hydrogen) atoms. The second-order valence-corrected chi connectivity index (χ2v) is 9.46. The fourth-order valence-corrected chi connectivity index (χ4v) is 7.20. The first-order valence-electron chi connectivity index (χ1n) is 9.46. The third-order valence-corrected chi connectivity index (χ3v) is 8.20. The zero-order valence-electron chi connectivity index (χ0n) is 14.9. The lowest BCUT2D eigenvalue weighted by atomic mass is 9.43. The molecule has 3 aliphatic carbocycles. The first-order valence-corrected chi connectivity index (χ1v) is 9.46. The summed E-state index contributed by atoms with van der Waals surface area (Å²) in [6.45, 7) is 4.28. The minimum Gasteiger partial charge on any atom is -0.461 e. The summed E-state index contributed by atoms with van der Waals surface area (Å²) in [6, 6.07) is 0. The van der Waals surface area contributed by atoms with Gasteiger partial charge in [0.15, 0.2) is 11.7 Å². The topological polar surface area (TPSA) is 110 Å². The number of fused-ring (bicyclic) bond motifs is 1. The summed E-state index contributed by atoms with van der Waals surface area (Å²) in [5, 5.41) is 21.5. The molecule has 2 saturated heterocycles. The minimum atomic E-state index is -1.82. The van der Waals surface area contributed by atoms with Crippen LogP contribution in [0.5, 0.6) is 0 Å². The number of carbonyl (C=O) groups is 3. The normalized spacial score (nSPS) is 54.4. The number of carbonyl (C=O) groups excluding carboxylic acids is 3. The maximum Gasteiger partial charge on any atom is 0.323 e. The molecule has 2 aliphatic heterocycles. The van der Waals surface area contributed by atoms with Crippen molar-refractivity contribution in [2.75, 3.05) is 6.61 Å². The summed E-state index contributed by atoms with van der Waals surface area (Å²) in [4.78, 5) is 38.4. The van der Waals surface area contributed by atoms with E-state index >= 15 is 0 Å². The fourth-order valence-electron chi connectivity index (χ4n) is 7.20. The molecule has 8 atom stereocenters. The smallest absolute Gasteiger partial charge is 0.323 e. The number of aliphatic hydroxyl groups is 2. The number of aliphatic hydroxyl groups excluding tert-OH is 2. The van der Waals surface area contributed by atoms with Gasteiger partial charge in [-0.05, 0) is 37.0 Å². The van der Waals surface area contributed by atoms with Crippen LogP contribution in [0, 0.1) is 34.0 Å². The van der Waals surface area contributed by atoms with Gasteiger partial charge in [0.2, 0.25) is 11.6 Å². The van der Waals surface area contributed by atoms with Gasteiger partial charge in [0.05, 0.1) is 18.6 Å². The lowest BCUT2D eigenvalue weighted by Gasteiger charge is -2.62. The molecule has 142 valence electrons. The molecule has 0 amide bonds. The third-order valence-electron chi connectivity index (χ3n) is 8.20. The average Bonchev–Trinajstić information content (AvgIpc) is 2.98. The van der Waals surface area contributed by atoms with Crippen LogP contribution in [0.3, 0.4) is 0 Å². The van der Waals surface area contributed by atoms with Gasteiger partial charge in [0, 0.05) is 11.3 Å². The van der Waals surface area contributed by atoms with Crippen LogP contribution >= 0.6 is 0 Å². The maximum absolute atomic E-state index is 13.0. The molecule has 0 aromatic rings. The Morgan fingerprint density at radius 1 is 1.08 bits per heavy atom. The Morgan fingerprint density at radius 3 is 2.54 bits per heavy atom. The molecule has 3 saturated carbocycles. The summed E-state index contributed by atoms with van der Waals surface area (Å²) >= 11 is 0. The van der Waals surface area contributed by atoms with E-state index in [1.54, 1.807) is 0 Å². The van der Waals surface area contributed by atoms with Crippen LogP contribution in [-0.4, -0.2) is 52.9 Å². The lowest BCUT2D eigenvalue weighted by Crippen LogP contribution is -2.70. The van der Waals surface area contributed by atoms with E-state index in [-0.39, 0.29) is 17.9 Å². The molecule has 2 bridgehead atoms. The number of hydrogen-bond acceptors (Lipinski definition) is 7. The molecule has 0 unspecified atom stereocenters. The van der Waals surface area contributed by atoms with Gasteiger partial charge in [-0.3, -0.25) is 14.4 Å². The number of rotatable bonds is 0. The Kier molecular flexibility index (Phi) is 3.07. The Labute approximate surface area is 151 Å². The van der Waals surface area contributed by atoms with E-state index in [1.165, 1.54) is 0 Å². The van der Waals surface area contributed by atoms with E-state index in [0.717, 1.165) is 6.42 Å². The number of ketones is 2. The molecule has 0 radical (unpaired) electrons. The largest absolute Gasteiger partial charge is 0.461 e. The highest BCUT2D eigenvalue weighted by Crippen LogP contribution is 2.70. The molecule has 5 fully saturated rings. The van der Waals surface area contributed by atoms with Crippen molar-refractivity contribution in [3.05, 3.63) is 0 Å². The Morgan fingerprint density at radius 2 is 1.81 bits per heavy atom. The Bertz CT molecular complexity index is 729. The first-order chi connectivity index (χ1) is 12.2. The summed E-state index contributed by atoms with van der Waals surface area (Å²) < 4.78 is 11.4. The molecule has 5 aliphatic rings. The Balaban J connectivity index is 1.74. The van der Waals surface area contributed by atoms with Crippen molar-refractivity contribution in [2.45, 2.75) is 58.0 Å². The SMILES string of the molecule is CC1(C)CC[C@@H]2OC(=O)[C@]34C(=O)C(=O)[C@H](CC[C@H]3[C@]23CO[C@@H](O)[C@H]13)[C@H]4O. The monoisotopic (exact) mass is 364 g/mol. The lowest BCUT2D eigenvalue weighted by molar-refractivity contribution is -0.249. The van der Waals surface area contributed by atoms with Crippen molar-refractivity contribution >= 4 is 17.5 Å². The van der Waals surface area contributed by atoms with Crippen molar-refractivity contribution in [3.63, 3.8) is 0 Å². The van der Waals surface area contributed by atoms with Gasteiger partial charge >= 0.3 is 5.97 Å². The van der Waals surface area contributed by atoms with Crippen molar-refractivity contribution in [2.24, 2.45) is 34.0 Å². The first kappa shape index (κ1) is 16.8. The highest BCUT2D eigenvalue weighted by atomic mass is 16.6. The van der Waals surface area contributed by atoms with Gasteiger partial charge in [-0.15, -0.1) is 0 Å². The summed E-state index contributed by atoms with van der Waals surface area (Å²) in [5.74, 6) is -3.91. The predicted molar refractivity (Wildman–Crippen MR) is 85.4 cm³/mol. The van der Waals surface area contributed by atoms with Crippen molar-refractivity contribution < 1.29 is 34.1 Å². The molecule has 0 aromatic carbocycles. The summed E-state index contributed by atoms with van der Waals surface area (Å²) in [6.07, 6.45) is -0.574. The van der Waals surface area contributed by atoms with Gasteiger partial charge in [-0.25, -0.2) is 0 Å². The fraction of sp³-hybridized carbons (Fsp3) is 0.842. The van der Waals surface area contributed by atoms with E-state index < -0.39 is 58.7 Å². The van der Waals surface area contributed by atoms with Crippen molar-refractivity contribution in [3.8, 4) is 0 Å². The molecule has 2 N–H and O–H groups in total. The van der Waals surface area contributed by atoms with Crippen molar-refractivity contribution in [1.29, 1.82) is 0 Å². The quantitative estimate of drug-likeness (QED) is 0.359. The average molecular weight is 364 g/mol. The van der Waals surface area contributed by atoms with E-state index in [4.69, 9.17) is 9.47 Å². The molecule has 7 heteroatoms. The molecule has 7 nitrogen and oxygen atoms in total. The molecular weight excluding hydrogens is 340 g/mol. The summed E-state index contributed by atoms with van der Waals surface area (Å²) in [5.41, 5.74) is -2.85. The van der Waals surface area contributed by atoms with E-state index in [9.17, 15) is 24.6 Å². The number of Topliss-reactive ketones (excluding diaryl/α,β-unsaturated/α-hetero) is 2. The van der Waals surface area contributed by atoms with Gasteiger partial charge in [-0.1, -0.05) is 13.8 Å². The van der Waals surface area contributed by atoms with Gasteiger partial charge in [0.1, 0.15) is 6.10 Å². The van der Waals surface area contributed by atoms with Gasteiger partial charge in [-0.2, -0.15) is 0 Å². The van der Waals surface area contributed by atoms with Crippen LogP contribution in [0.25, 0.3) is 0 Å². The Hall–Kier alpha value is -1.31. The van der Waals surface area contributed by atoms with Crippen LogP contribution in [0.2, 0.25) is 0 Å². The maximum atomic E-state index is 13.0. The number of ether oxygens (including phenoxy) is 2.